The quantitative estimate of drug-likeness (QED) is 0.754. The molecule has 0 aromatic heterocycles. The number of nitrogens with zero attached hydrogens (tertiary/aromatic N) is 1. The normalized spacial score (nSPS) is 24.9. The Morgan fingerprint density at radius 1 is 1.50 bits per heavy atom. The third kappa shape index (κ3) is 3.66. The van der Waals surface area contributed by atoms with Gasteiger partial charge in [-0.1, -0.05) is 20.3 Å². The summed E-state index contributed by atoms with van der Waals surface area (Å²) < 4.78 is 0. The number of likely N-dealkylation sites (tertiary alicyclic amines) is 1. The van der Waals surface area contributed by atoms with E-state index in [9.17, 15) is 4.79 Å². The van der Waals surface area contributed by atoms with Crippen LogP contribution in [0.15, 0.2) is 0 Å². The molecule has 1 atom stereocenters. The van der Waals surface area contributed by atoms with Gasteiger partial charge in [-0.15, -0.1) is 0 Å². The Kier molecular flexibility index (Phi) is 4.39. The van der Waals surface area contributed by atoms with Gasteiger partial charge in [0.25, 0.3) is 0 Å². The van der Waals surface area contributed by atoms with E-state index >= 15 is 0 Å². The molecule has 0 amide bonds. The van der Waals surface area contributed by atoms with Crippen molar-refractivity contribution in [1.82, 2.24) is 4.90 Å². The molecule has 1 aliphatic heterocycles. The zero-order valence-electron chi connectivity index (χ0n) is 9.20. The van der Waals surface area contributed by atoms with Gasteiger partial charge in [-0.3, -0.25) is 4.79 Å². The van der Waals surface area contributed by atoms with Crippen molar-refractivity contribution in [2.45, 2.75) is 33.1 Å². The number of carboxylic acids is 1. The lowest BCUT2D eigenvalue weighted by Crippen LogP contribution is -2.34. The van der Waals surface area contributed by atoms with Crippen LogP contribution in [0.3, 0.4) is 0 Å². The van der Waals surface area contributed by atoms with E-state index in [4.69, 9.17) is 5.11 Å². The highest BCUT2D eigenvalue weighted by Gasteiger charge is 2.23. The van der Waals surface area contributed by atoms with Crippen LogP contribution in [0.1, 0.15) is 33.1 Å². The molecule has 0 aromatic rings. The molecule has 1 N–H and O–H groups in total. The Morgan fingerprint density at radius 2 is 2.21 bits per heavy atom. The molecular weight excluding hydrogens is 178 g/mol. The summed E-state index contributed by atoms with van der Waals surface area (Å²) in [6.07, 6.45) is 3.06. The SMILES string of the molecule is CC(C)CN1CCCCC(C(=O)O)C1. The molecule has 0 spiro atoms. The van der Waals surface area contributed by atoms with Crippen LogP contribution in [0.25, 0.3) is 0 Å². The van der Waals surface area contributed by atoms with E-state index in [0.29, 0.717) is 5.92 Å². The van der Waals surface area contributed by atoms with Gasteiger partial charge in [0, 0.05) is 13.1 Å². The third-order valence-electron chi connectivity index (χ3n) is 2.73. The summed E-state index contributed by atoms with van der Waals surface area (Å²) in [5.74, 6) is -0.139. The average molecular weight is 199 g/mol. The Hall–Kier alpha value is -0.570. The average Bonchev–Trinajstić information content (AvgIpc) is 2.28. The lowest BCUT2D eigenvalue weighted by atomic mass is 10.0. The predicted octanol–water partition coefficient (Wildman–Crippen LogP) is 1.83. The van der Waals surface area contributed by atoms with Gasteiger partial charge in [0.1, 0.15) is 0 Å². The first-order valence-corrected chi connectivity index (χ1v) is 5.54. The zero-order valence-corrected chi connectivity index (χ0v) is 9.20. The third-order valence-corrected chi connectivity index (χ3v) is 2.73. The summed E-state index contributed by atoms with van der Waals surface area (Å²) in [6.45, 7) is 7.21. The molecular formula is C11H21NO2. The highest BCUT2D eigenvalue weighted by Crippen LogP contribution is 2.17. The largest absolute Gasteiger partial charge is 0.481 e. The number of rotatable bonds is 3. The summed E-state index contributed by atoms with van der Waals surface area (Å²) in [4.78, 5) is 13.2. The highest BCUT2D eigenvalue weighted by molar-refractivity contribution is 5.70. The van der Waals surface area contributed by atoms with E-state index in [-0.39, 0.29) is 5.92 Å². The summed E-state index contributed by atoms with van der Waals surface area (Å²) in [6, 6.07) is 0. The lowest BCUT2D eigenvalue weighted by Gasteiger charge is -2.23. The van der Waals surface area contributed by atoms with Crippen LogP contribution < -0.4 is 0 Å². The smallest absolute Gasteiger partial charge is 0.307 e. The standard InChI is InChI=1S/C11H21NO2/c1-9(2)7-12-6-4-3-5-10(8-12)11(13)14/h9-10H,3-8H2,1-2H3,(H,13,14). The molecule has 14 heavy (non-hydrogen) atoms. The molecule has 1 fully saturated rings. The predicted molar refractivity (Wildman–Crippen MR) is 56.3 cm³/mol. The number of hydrogen-bond acceptors (Lipinski definition) is 2. The molecule has 0 aromatic carbocycles. The van der Waals surface area contributed by atoms with Crippen LogP contribution in [0, 0.1) is 11.8 Å². The Balaban J connectivity index is 2.47. The van der Waals surface area contributed by atoms with Crippen molar-refractivity contribution in [3.05, 3.63) is 0 Å². The Morgan fingerprint density at radius 3 is 2.79 bits per heavy atom. The van der Waals surface area contributed by atoms with Crippen molar-refractivity contribution in [1.29, 1.82) is 0 Å². The second kappa shape index (κ2) is 5.35. The number of carbonyl (C=O) groups is 1. The van der Waals surface area contributed by atoms with Crippen molar-refractivity contribution in [2.75, 3.05) is 19.6 Å². The molecule has 0 radical (unpaired) electrons. The minimum Gasteiger partial charge on any atom is -0.481 e. The Labute approximate surface area is 86.1 Å². The summed E-state index contributed by atoms with van der Waals surface area (Å²) in [5.41, 5.74) is 0. The number of carboxylic acid groups (broad SMARTS) is 1. The maximum absolute atomic E-state index is 10.9. The zero-order chi connectivity index (χ0) is 10.6. The maximum Gasteiger partial charge on any atom is 0.307 e. The Bertz CT molecular complexity index is 192. The van der Waals surface area contributed by atoms with Crippen LogP contribution >= 0.6 is 0 Å². The summed E-state index contributed by atoms with van der Waals surface area (Å²) in [5, 5.41) is 8.99. The molecule has 1 saturated heterocycles. The molecule has 3 nitrogen and oxygen atoms in total. The fourth-order valence-electron chi connectivity index (χ4n) is 2.10. The van der Waals surface area contributed by atoms with Crippen LogP contribution in [0.5, 0.6) is 0 Å². The minimum absolute atomic E-state index is 0.142. The molecule has 82 valence electrons. The molecule has 1 rings (SSSR count). The topological polar surface area (TPSA) is 40.5 Å². The van der Waals surface area contributed by atoms with Crippen molar-refractivity contribution in [3.8, 4) is 0 Å². The van der Waals surface area contributed by atoms with E-state index in [0.717, 1.165) is 38.9 Å². The van der Waals surface area contributed by atoms with Crippen LogP contribution in [-0.4, -0.2) is 35.6 Å². The van der Waals surface area contributed by atoms with Gasteiger partial charge >= 0.3 is 5.97 Å². The van der Waals surface area contributed by atoms with E-state index in [2.05, 4.69) is 18.7 Å². The van der Waals surface area contributed by atoms with Gasteiger partial charge in [-0.2, -0.15) is 0 Å². The molecule has 1 aliphatic rings. The first-order valence-electron chi connectivity index (χ1n) is 5.54. The van der Waals surface area contributed by atoms with E-state index in [1.165, 1.54) is 0 Å². The van der Waals surface area contributed by atoms with E-state index in [1.54, 1.807) is 0 Å². The second-order valence-electron chi connectivity index (χ2n) is 4.68. The summed E-state index contributed by atoms with van der Waals surface area (Å²) >= 11 is 0. The lowest BCUT2D eigenvalue weighted by molar-refractivity contribution is -0.142. The number of aliphatic carboxylic acids is 1. The van der Waals surface area contributed by atoms with E-state index < -0.39 is 5.97 Å². The minimum atomic E-state index is -0.624. The van der Waals surface area contributed by atoms with E-state index in [1.807, 2.05) is 0 Å². The molecule has 1 unspecified atom stereocenters. The summed E-state index contributed by atoms with van der Waals surface area (Å²) in [7, 11) is 0. The first kappa shape index (κ1) is 11.5. The molecule has 0 bridgehead atoms. The molecule has 0 saturated carbocycles. The second-order valence-corrected chi connectivity index (χ2v) is 4.68. The highest BCUT2D eigenvalue weighted by atomic mass is 16.4. The monoisotopic (exact) mass is 199 g/mol. The molecule has 1 heterocycles. The van der Waals surface area contributed by atoms with Crippen LogP contribution in [0.4, 0.5) is 0 Å². The van der Waals surface area contributed by atoms with Crippen molar-refractivity contribution in [3.63, 3.8) is 0 Å². The maximum atomic E-state index is 10.9. The van der Waals surface area contributed by atoms with Gasteiger partial charge in [0.2, 0.25) is 0 Å². The van der Waals surface area contributed by atoms with Crippen molar-refractivity contribution in [2.24, 2.45) is 11.8 Å². The van der Waals surface area contributed by atoms with Gasteiger partial charge in [0.05, 0.1) is 5.92 Å². The first-order chi connectivity index (χ1) is 6.59. The van der Waals surface area contributed by atoms with Gasteiger partial charge in [0.15, 0.2) is 0 Å². The van der Waals surface area contributed by atoms with Crippen molar-refractivity contribution >= 4 is 5.97 Å². The van der Waals surface area contributed by atoms with Gasteiger partial charge < -0.3 is 10.0 Å². The fraction of sp³-hybridized carbons (Fsp3) is 0.909. The fourth-order valence-corrected chi connectivity index (χ4v) is 2.10. The number of hydrogen-bond donors (Lipinski definition) is 1. The molecule has 3 heteroatoms. The van der Waals surface area contributed by atoms with Crippen LogP contribution in [-0.2, 0) is 4.79 Å². The molecule has 0 aliphatic carbocycles. The van der Waals surface area contributed by atoms with Crippen LogP contribution in [0.2, 0.25) is 0 Å². The van der Waals surface area contributed by atoms with Crippen molar-refractivity contribution < 1.29 is 9.90 Å². The van der Waals surface area contributed by atoms with Gasteiger partial charge in [-0.25, -0.2) is 0 Å². The van der Waals surface area contributed by atoms with Gasteiger partial charge in [-0.05, 0) is 25.3 Å².